The largest absolute Gasteiger partial charge is 0.484 e. The maximum Gasteiger partial charge on any atom is 0.136 e. The predicted molar refractivity (Wildman–Crippen MR) is 77.6 cm³/mol. The molecule has 0 amide bonds. The van der Waals surface area contributed by atoms with E-state index in [2.05, 4.69) is 48.6 Å². The second-order valence-electron chi connectivity index (χ2n) is 5.07. The van der Waals surface area contributed by atoms with Crippen molar-refractivity contribution in [1.29, 1.82) is 0 Å². The Morgan fingerprint density at radius 2 is 1.84 bits per heavy atom. The first-order chi connectivity index (χ1) is 9.33. The first kappa shape index (κ1) is 12.2. The highest BCUT2D eigenvalue weighted by atomic mass is 16.5. The van der Waals surface area contributed by atoms with Crippen molar-refractivity contribution in [2.75, 3.05) is 13.1 Å². The van der Waals surface area contributed by atoms with E-state index in [1.54, 1.807) is 0 Å². The van der Waals surface area contributed by atoms with Crippen LogP contribution in [0.3, 0.4) is 0 Å². The minimum absolute atomic E-state index is 0.0985. The topological polar surface area (TPSA) is 21.3 Å². The van der Waals surface area contributed by atoms with Crippen LogP contribution in [0.1, 0.15) is 22.8 Å². The van der Waals surface area contributed by atoms with Gasteiger partial charge < -0.3 is 10.1 Å². The van der Waals surface area contributed by atoms with Gasteiger partial charge in [-0.1, -0.05) is 42.0 Å². The van der Waals surface area contributed by atoms with Crippen molar-refractivity contribution in [3.63, 3.8) is 0 Å². The van der Waals surface area contributed by atoms with E-state index in [1.165, 1.54) is 16.7 Å². The van der Waals surface area contributed by atoms with E-state index in [0.29, 0.717) is 0 Å². The average Bonchev–Trinajstić information content (AvgIpc) is 2.64. The minimum atomic E-state index is 0.0985. The quantitative estimate of drug-likeness (QED) is 0.887. The van der Waals surface area contributed by atoms with Crippen molar-refractivity contribution in [1.82, 2.24) is 5.32 Å². The Labute approximate surface area is 114 Å². The highest BCUT2D eigenvalue weighted by Gasteiger charge is 2.19. The molecular weight excluding hydrogens is 234 g/mol. The van der Waals surface area contributed by atoms with Crippen LogP contribution < -0.4 is 10.1 Å². The van der Waals surface area contributed by atoms with Crippen LogP contribution in [-0.4, -0.2) is 13.1 Å². The second-order valence-corrected chi connectivity index (χ2v) is 5.07. The molecule has 19 heavy (non-hydrogen) atoms. The average molecular weight is 253 g/mol. The van der Waals surface area contributed by atoms with Gasteiger partial charge in [0, 0.05) is 6.54 Å². The molecule has 98 valence electrons. The van der Waals surface area contributed by atoms with Crippen molar-refractivity contribution in [3.05, 3.63) is 65.2 Å². The van der Waals surface area contributed by atoms with Crippen LogP contribution in [0.25, 0.3) is 0 Å². The Bertz CT molecular complexity index is 547. The van der Waals surface area contributed by atoms with Crippen LogP contribution in [-0.2, 0) is 6.42 Å². The van der Waals surface area contributed by atoms with E-state index >= 15 is 0 Å². The second kappa shape index (κ2) is 5.45. The van der Waals surface area contributed by atoms with Gasteiger partial charge in [0.1, 0.15) is 11.9 Å². The molecule has 1 N–H and O–H groups in total. The van der Waals surface area contributed by atoms with Gasteiger partial charge in [0.05, 0.1) is 0 Å². The predicted octanol–water partition coefficient (Wildman–Crippen LogP) is 3.26. The molecule has 2 aromatic carbocycles. The molecule has 3 rings (SSSR count). The lowest BCUT2D eigenvalue weighted by Gasteiger charge is -2.19. The number of nitrogens with one attached hydrogen (secondary N) is 1. The molecule has 0 fully saturated rings. The lowest BCUT2D eigenvalue weighted by molar-refractivity contribution is 0.205. The van der Waals surface area contributed by atoms with Gasteiger partial charge >= 0.3 is 0 Å². The number of hydrogen-bond acceptors (Lipinski definition) is 2. The summed E-state index contributed by atoms with van der Waals surface area (Å²) in [6.45, 7) is 3.97. The third-order valence-electron chi connectivity index (χ3n) is 3.60. The molecule has 1 unspecified atom stereocenters. The molecule has 0 aromatic heterocycles. The van der Waals surface area contributed by atoms with Gasteiger partial charge in [0.25, 0.3) is 0 Å². The number of benzene rings is 2. The molecule has 2 nitrogen and oxygen atoms in total. The van der Waals surface area contributed by atoms with Crippen LogP contribution >= 0.6 is 0 Å². The fourth-order valence-corrected chi connectivity index (χ4v) is 2.53. The van der Waals surface area contributed by atoms with E-state index in [4.69, 9.17) is 4.74 Å². The van der Waals surface area contributed by atoms with Crippen LogP contribution in [0, 0.1) is 6.92 Å². The Morgan fingerprint density at radius 1 is 1.05 bits per heavy atom. The zero-order chi connectivity index (χ0) is 13.1. The summed E-state index contributed by atoms with van der Waals surface area (Å²) in [5.41, 5.74) is 3.96. The van der Waals surface area contributed by atoms with Gasteiger partial charge in [-0.2, -0.15) is 0 Å². The maximum absolute atomic E-state index is 6.15. The number of rotatable bonds is 2. The Morgan fingerprint density at radius 3 is 2.68 bits per heavy atom. The summed E-state index contributed by atoms with van der Waals surface area (Å²) >= 11 is 0. The number of ether oxygens (including phenoxy) is 1. The molecule has 2 aromatic rings. The van der Waals surface area contributed by atoms with E-state index in [0.717, 1.165) is 25.3 Å². The van der Waals surface area contributed by atoms with Crippen molar-refractivity contribution >= 4 is 0 Å². The van der Waals surface area contributed by atoms with Gasteiger partial charge in [-0.15, -0.1) is 0 Å². The third kappa shape index (κ3) is 2.79. The molecule has 1 heterocycles. The molecule has 0 saturated carbocycles. The smallest absolute Gasteiger partial charge is 0.136 e. The highest BCUT2D eigenvalue weighted by molar-refractivity contribution is 5.33. The molecule has 1 aliphatic heterocycles. The molecule has 0 bridgehead atoms. The summed E-state index contributed by atoms with van der Waals surface area (Å²) in [6.07, 6.45) is 1.17. The summed E-state index contributed by atoms with van der Waals surface area (Å²) in [6, 6.07) is 16.8. The van der Waals surface area contributed by atoms with Crippen molar-refractivity contribution in [2.24, 2.45) is 0 Å². The molecule has 1 aliphatic rings. The van der Waals surface area contributed by atoms with Gasteiger partial charge in [0.2, 0.25) is 0 Å². The van der Waals surface area contributed by atoms with Gasteiger partial charge in [-0.05, 0) is 43.1 Å². The number of aryl methyl sites for hydroxylation is 1. The zero-order valence-electron chi connectivity index (χ0n) is 11.2. The van der Waals surface area contributed by atoms with Crippen LogP contribution in [0.4, 0.5) is 0 Å². The van der Waals surface area contributed by atoms with E-state index in [1.807, 2.05) is 12.1 Å². The lowest BCUT2D eigenvalue weighted by atomic mass is 10.0. The fraction of sp³-hybridized carbons (Fsp3) is 0.294. The number of fused-ring (bicyclic) bond motifs is 1. The van der Waals surface area contributed by atoms with Crippen molar-refractivity contribution in [3.8, 4) is 5.75 Å². The summed E-state index contributed by atoms with van der Waals surface area (Å²) < 4.78 is 6.15. The lowest BCUT2D eigenvalue weighted by Crippen LogP contribution is -2.23. The highest BCUT2D eigenvalue weighted by Crippen LogP contribution is 2.26. The minimum Gasteiger partial charge on any atom is -0.484 e. The molecule has 2 heteroatoms. The van der Waals surface area contributed by atoms with E-state index < -0.39 is 0 Å². The SMILES string of the molecule is Cc1ccc(OC2CNCCc3ccccc32)cc1. The van der Waals surface area contributed by atoms with Crippen LogP contribution in [0.5, 0.6) is 5.75 Å². The van der Waals surface area contributed by atoms with E-state index in [-0.39, 0.29) is 6.10 Å². The van der Waals surface area contributed by atoms with Gasteiger partial charge in [0.15, 0.2) is 0 Å². The monoisotopic (exact) mass is 253 g/mol. The maximum atomic E-state index is 6.15. The van der Waals surface area contributed by atoms with Crippen molar-refractivity contribution < 1.29 is 4.74 Å². The normalized spacial score (nSPS) is 18.5. The zero-order valence-corrected chi connectivity index (χ0v) is 11.2. The third-order valence-corrected chi connectivity index (χ3v) is 3.60. The Hall–Kier alpha value is -1.80. The summed E-state index contributed by atoms with van der Waals surface area (Å²) in [4.78, 5) is 0. The molecule has 1 atom stereocenters. The first-order valence-corrected chi connectivity index (χ1v) is 6.85. The summed E-state index contributed by atoms with van der Waals surface area (Å²) in [5.74, 6) is 0.939. The fourth-order valence-electron chi connectivity index (χ4n) is 2.53. The molecule has 0 saturated heterocycles. The molecule has 0 spiro atoms. The summed E-state index contributed by atoms with van der Waals surface area (Å²) in [5, 5.41) is 3.45. The molecule has 0 aliphatic carbocycles. The first-order valence-electron chi connectivity index (χ1n) is 6.85. The van der Waals surface area contributed by atoms with Gasteiger partial charge in [-0.25, -0.2) is 0 Å². The molecular formula is C17H19NO. The van der Waals surface area contributed by atoms with Crippen LogP contribution in [0.2, 0.25) is 0 Å². The standard InChI is InChI=1S/C17H19NO/c1-13-6-8-15(9-7-13)19-17-12-18-11-10-14-4-2-3-5-16(14)17/h2-9,17-18H,10-12H2,1H3. The number of hydrogen-bond donors (Lipinski definition) is 1. The molecule has 0 radical (unpaired) electrons. The van der Waals surface area contributed by atoms with E-state index in [9.17, 15) is 0 Å². The summed E-state index contributed by atoms with van der Waals surface area (Å²) in [7, 11) is 0. The van der Waals surface area contributed by atoms with Crippen molar-refractivity contribution in [2.45, 2.75) is 19.4 Å². The van der Waals surface area contributed by atoms with Crippen LogP contribution in [0.15, 0.2) is 48.5 Å². The Kier molecular flexibility index (Phi) is 3.51. The Balaban J connectivity index is 1.86. The van der Waals surface area contributed by atoms with Gasteiger partial charge in [-0.3, -0.25) is 0 Å².